The van der Waals surface area contributed by atoms with Crippen LogP contribution in [0.25, 0.3) is 12.2 Å². The van der Waals surface area contributed by atoms with Crippen molar-refractivity contribution in [1.29, 1.82) is 0 Å². The van der Waals surface area contributed by atoms with Crippen molar-refractivity contribution in [2.24, 2.45) is 0 Å². The summed E-state index contributed by atoms with van der Waals surface area (Å²) in [6, 6.07) is 19.4. The predicted molar refractivity (Wildman–Crippen MR) is 181 cm³/mol. The first-order chi connectivity index (χ1) is 22.6. The zero-order chi connectivity index (χ0) is 34.1. The quantitative estimate of drug-likeness (QED) is 0.149. The second-order valence-electron chi connectivity index (χ2n) is 10.2. The molecule has 0 heterocycles. The van der Waals surface area contributed by atoms with Gasteiger partial charge in [-0.1, -0.05) is 36.4 Å². The summed E-state index contributed by atoms with van der Waals surface area (Å²) < 4.78 is 61.8. The van der Waals surface area contributed by atoms with Gasteiger partial charge in [0.25, 0.3) is 0 Å². The Bertz CT molecular complexity index is 1700. The summed E-state index contributed by atoms with van der Waals surface area (Å²) in [6.45, 7) is 0. The average molecular weight is 663 g/mol. The number of rotatable bonds is 14. The van der Waals surface area contributed by atoms with Crippen molar-refractivity contribution < 1.29 is 47.1 Å². The van der Waals surface area contributed by atoms with Crippen LogP contribution in [0.3, 0.4) is 0 Å². The molecule has 11 heteroatoms. The van der Waals surface area contributed by atoms with Crippen molar-refractivity contribution >= 4 is 22.0 Å². The fourth-order valence-corrected chi connectivity index (χ4v) is 7.00. The van der Waals surface area contributed by atoms with Crippen molar-refractivity contribution in [1.82, 2.24) is 0 Å². The van der Waals surface area contributed by atoms with E-state index in [0.29, 0.717) is 34.1 Å². The normalized spacial score (nSPS) is 12.9. The molecule has 0 aromatic heterocycles. The fourth-order valence-electron chi connectivity index (χ4n) is 5.02. The monoisotopic (exact) mass is 662 g/mol. The van der Waals surface area contributed by atoms with Crippen molar-refractivity contribution in [3.8, 4) is 46.0 Å². The van der Waals surface area contributed by atoms with E-state index in [1.807, 2.05) is 0 Å². The molecule has 248 valence electrons. The fraction of sp³-hybridized carbons (Fsp3) is 0.222. The van der Waals surface area contributed by atoms with Crippen LogP contribution in [-0.2, 0) is 9.84 Å². The van der Waals surface area contributed by atoms with Gasteiger partial charge in [0.2, 0.25) is 0 Å². The molecule has 0 bridgehead atoms. The summed E-state index contributed by atoms with van der Waals surface area (Å²) >= 11 is 0. The number of phenols is 2. The molecular formula is C36H38O10S. The van der Waals surface area contributed by atoms with Gasteiger partial charge in [0.1, 0.15) is 56.5 Å². The van der Waals surface area contributed by atoms with Gasteiger partial charge < -0.3 is 38.6 Å². The summed E-state index contributed by atoms with van der Waals surface area (Å²) in [5.41, 5.74) is 1.44. The molecule has 0 aliphatic rings. The Kier molecular flexibility index (Phi) is 11.3. The van der Waals surface area contributed by atoms with E-state index in [1.165, 1.54) is 79.1 Å². The molecular weight excluding hydrogens is 624 g/mol. The van der Waals surface area contributed by atoms with Crippen LogP contribution in [0, 0.1) is 0 Å². The SMILES string of the molecule is COc1ccc(C(/C=C/c2c(O)cc(OC)cc2OC)S(=O)(=O)C(/C=C/c2c(O)cc(OC)cc2OC)c2ccc(OC)cc2)cc1. The largest absolute Gasteiger partial charge is 0.507 e. The molecule has 0 fully saturated rings. The average Bonchev–Trinajstić information content (AvgIpc) is 3.09. The Morgan fingerprint density at radius 1 is 0.511 bits per heavy atom. The maximum Gasteiger partial charge on any atom is 0.171 e. The first-order valence-electron chi connectivity index (χ1n) is 14.4. The van der Waals surface area contributed by atoms with E-state index in [1.54, 1.807) is 60.7 Å². The number of methoxy groups -OCH3 is 6. The maximum absolute atomic E-state index is 14.9. The zero-order valence-corrected chi connectivity index (χ0v) is 27.8. The van der Waals surface area contributed by atoms with Crippen LogP contribution in [-0.4, -0.2) is 61.3 Å². The standard InChI is InChI=1S/C36H38O10S/c1-41-25-11-7-23(8-12-25)35(17-15-29-31(37)19-27(43-3)21-33(29)45-5)47(39,40)36(24-9-13-26(42-2)14-10-24)18-16-30-32(38)20-28(44-4)22-34(30)46-6/h7-22,35-38H,1-6H3/b17-15+,18-16+. The number of benzene rings is 4. The minimum Gasteiger partial charge on any atom is -0.507 e. The van der Waals surface area contributed by atoms with Crippen molar-refractivity contribution in [2.45, 2.75) is 10.5 Å². The second kappa shape index (κ2) is 15.3. The number of phenolic OH excluding ortho intramolecular Hbond substituents is 2. The van der Waals surface area contributed by atoms with Crippen LogP contribution in [0.5, 0.6) is 46.0 Å². The minimum atomic E-state index is -4.19. The van der Waals surface area contributed by atoms with Crippen LogP contribution < -0.4 is 28.4 Å². The Balaban J connectivity index is 1.92. The molecule has 2 unspecified atom stereocenters. The van der Waals surface area contributed by atoms with Gasteiger partial charge in [0, 0.05) is 24.3 Å². The molecule has 4 aromatic carbocycles. The third-order valence-electron chi connectivity index (χ3n) is 7.57. The highest BCUT2D eigenvalue weighted by Crippen LogP contribution is 2.41. The Morgan fingerprint density at radius 3 is 1.15 bits per heavy atom. The molecule has 47 heavy (non-hydrogen) atoms. The lowest BCUT2D eigenvalue weighted by Gasteiger charge is -2.22. The van der Waals surface area contributed by atoms with Gasteiger partial charge in [0.15, 0.2) is 9.84 Å². The third kappa shape index (κ3) is 7.75. The Labute approximate surface area is 274 Å². The smallest absolute Gasteiger partial charge is 0.171 e. The molecule has 10 nitrogen and oxygen atoms in total. The summed E-state index contributed by atoms with van der Waals surface area (Å²) in [4.78, 5) is 0. The van der Waals surface area contributed by atoms with Crippen LogP contribution >= 0.6 is 0 Å². The lowest BCUT2D eigenvalue weighted by molar-refractivity contribution is 0.383. The van der Waals surface area contributed by atoms with Crippen LogP contribution in [0.1, 0.15) is 32.8 Å². The van der Waals surface area contributed by atoms with E-state index in [2.05, 4.69) is 0 Å². The molecule has 4 rings (SSSR count). The van der Waals surface area contributed by atoms with Gasteiger partial charge in [-0.3, -0.25) is 0 Å². The van der Waals surface area contributed by atoms with Gasteiger partial charge in [0.05, 0.1) is 53.8 Å². The van der Waals surface area contributed by atoms with Gasteiger partial charge in [-0.15, -0.1) is 0 Å². The molecule has 2 N–H and O–H groups in total. The first-order valence-corrected chi connectivity index (χ1v) is 16.0. The third-order valence-corrected chi connectivity index (χ3v) is 9.85. The van der Waals surface area contributed by atoms with E-state index in [-0.39, 0.29) is 34.1 Å². The number of sulfone groups is 1. The number of aromatic hydroxyl groups is 2. The van der Waals surface area contributed by atoms with E-state index in [4.69, 9.17) is 28.4 Å². The zero-order valence-electron chi connectivity index (χ0n) is 27.0. The topological polar surface area (TPSA) is 130 Å². The second-order valence-corrected chi connectivity index (χ2v) is 12.4. The molecule has 2 atom stereocenters. The van der Waals surface area contributed by atoms with Gasteiger partial charge >= 0.3 is 0 Å². The molecule has 0 saturated heterocycles. The van der Waals surface area contributed by atoms with Crippen LogP contribution in [0.4, 0.5) is 0 Å². The van der Waals surface area contributed by atoms with Crippen molar-refractivity contribution in [3.05, 3.63) is 107 Å². The number of hydrogen-bond donors (Lipinski definition) is 2. The molecule has 0 aliphatic heterocycles. The molecule has 4 aromatic rings. The maximum atomic E-state index is 14.9. The lowest BCUT2D eigenvalue weighted by atomic mass is 10.1. The lowest BCUT2D eigenvalue weighted by Crippen LogP contribution is -2.19. The van der Waals surface area contributed by atoms with Gasteiger partial charge in [-0.05, 0) is 47.5 Å². The molecule has 0 radical (unpaired) electrons. The predicted octanol–water partition coefficient (Wildman–Crippen LogP) is 6.77. The van der Waals surface area contributed by atoms with E-state index in [0.717, 1.165) is 0 Å². The van der Waals surface area contributed by atoms with Crippen LogP contribution in [0.2, 0.25) is 0 Å². The summed E-state index contributed by atoms with van der Waals surface area (Å²) in [6.07, 6.45) is 6.01. The highest BCUT2D eigenvalue weighted by Gasteiger charge is 2.34. The summed E-state index contributed by atoms with van der Waals surface area (Å²) in [7, 11) is 4.66. The highest BCUT2D eigenvalue weighted by atomic mass is 32.2. The summed E-state index contributed by atoms with van der Waals surface area (Å²) in [5, 5.41) is 19.2. The minimum absolute atomic E-state index is 0.156. The molecule has 0 amide bonds. The number of ether oxygens (including phenoxy) is 6. The highest BCUT2D eigenvalue weighted by molar-refractivity contribution is 7.92. The number of hydrogen-bond acceptors (Lipinski definition) is 10. The molecule has 0 spiro atoms. The van der Waals surface area contributed by atoms with Crippen molar-refractivity contribution in [2.75, 3.05) is 42.7 Å². The molecule has 0 aliphatic carbocycles. The van der Waals surface area contributed by atoms with Gasteiger partial charge in [-0.2, -0.15) is 0 Å². The van der Waals surface area contributed by atoms with E-state index >= 15 is 0 Å². The van der Waals surface area contributed by atoms with Crippen molar-refractivity contribution in [3.63, 3.8) is 0 Å². The Hall–Kier alpha value is -5.29. The van der Waals surface area contributed by atoms with Gasteiger partial charge in [-0.25, -0.2) is 8.42 Å². The van der Waals surface area contributed by atoms with E-state index in [9.17, 15) is 18.6 Å². The van der Waals surface area contributed by atoms with E-state index < -0.39 is 20.3 Å². The molecule has 0 saturated carbocycles. The van der Waals surface area contributed by atoms with Crippen LogP contribution in [0.15, 0.2) is 84.9 Å². The first kappa shape index (κ1) is 34.6. The Morgan fingerprint density at radius 2 is 0.851 bits per heavy atom. The summed E-state index contributed by atoms with van der Waals surface area (Å²) in [5.74, 6) is 2.12.